The minimum absolute atomic E-state index is 0.375. The molecule has 0 aliphatic rings. The van der Waals surface area contributed by atoms with Crippen molar-refractivity contribution in [1.82, 2.24) is 2.78 Å². The van der Waals surface area contributed by atoms with Gasteiger partial charge in [0.2, 0.25) is 0 Å². The summed E-state index contributed by atoms with van der Waals surface area (Å²) in [7, 11) is 1.48. The molecule has 1 heterocycles. The van der Waals surface area contributed by atoms with Crippen LogP contribution in [0.25, 0.3) is 10.9 Å². The van der Waals surface area contributed by atoms with E-state index in [2.05, 4.69) is 0 Å². The van der Waals surface area contributed by atoms with E-state index in [0.717, 1.165) is 5.39 Å². The van der Waals surface area contributed by atoms with Crippen LogP contribution < -0.4 is 4.74 Å². The maximum absolute atomic E-state index is 13.2. The fourth-order valence-corrected chi connectivity index (χ4v) is 2.10. The zero-order valence-electron chi connectivity index (χ0n) is 7.79. The molecule has 0 spiro atoms. The SMILES string of the molecule is COc1cc(F)cc2c1cc(C#N)n2I. The van der Waals surface area contributed by atoms with Gasteiger partial charge in [-0.3, -0.25) is 2.78 Å². The van der Waals surface area contributed by atoms with Gasteiger partial charge in [0.05, 0.1) is 35.5 Å². The Balaban J connectivity index is 2.89. The Labute approximate surface area is 99.6 Å². The molecule has 76 valence electrons. The van der Waals surface area contributed by atoms with Gasteiger partial charge in [-0.05, 0) is 12.1 Å². The van der Waals surface area contributed by atoms with Crippen LogP contribution in [0.1, 0.15) is 5.69 Å². The van der Waals surface area contributed by atoms with E-state index >= 15 is 0 Å². The van der Waals surface area contributed by atoms with Crippen molar-refractivity contribution in [2.75, 3.05) is 7.11 Å². The standard InChI is InChI=1S/C10H6FIN2O/c1-15-10-3-6(11)2-9-8(10)4-7(5-13)14(9)12/h2-4H,1H3. The summed E-state index contributed by atoms with van der Waals surface area (Å²) >= 11 is 1.96. The Morgan fingerprint density at radius 1 is 1.47 bits per heavy atom. The monoisotopic (exact) mass is 316 g/mol. The first-order valence-electron chi connectivity index (χ1n) is 4.12. The second-order valence-corrected chi connectivity index (χ2v) is 3.93. The molecule has 2 rings (SSSR count). The third-order valence-corrected chi connectivity index (χ3v) is 3.16. The van der Waals surface area contributed by atoms with Gasteiger partial charge in [0.15, 0.2) is 0 Å². The molecule has 0 unspecified atom stereocenters. The van der Waals surface area contributed by atoms with E-state index in [0.29, 0.717) is 17.0 Å². The predicted molar refractivity (Wildman–Crippen MR) is 62.6 cm³/mol. The summed E-state index contributed by atoms with van der Waals surface area (Å²) in [6.07, 6.45) is 0. The molecule has 0 aliphatic heterocycles. The molecular formula is C10H6FIN2O. The lowest BCUT2D eigenvalue weighted by Gasteiger charge is -2.02. The van der Waals surface area contributed by atoms with E-state index < -0.39 is 0 Å². The average molecular weight is 316 g/mol. The van der Waals surface area contributed by atoms with Gasteiger partial charge in [0.1, 0.15) is 23.3 Å². The molecule has 15 heavy (non-hydrogen) atoms. The summed E-state index contributed by atoms with van der Waals surface area (Å²) in [4.78, 5) is 0. The van der Waals surface area contributed by atoms with Crippen LogP contribution in [0.3, 0.4) is 0 Å². The molecular weight excluding hydrogens is 310 g/mol. The smallest absolute Gasteiger partial charge is 0.131 e. The Morgan fingerprint density at radius 3 is 2.80 bits per heavy atom. The molecule has 3 nitrogen and oxygen atoms in total. The maximum Gasteiger partial charge on any atom is 0.131 e. The molecule has 0 aliphatic carbocycles. The highest BCUT2D eigenvalue weighted by molar-refractivity contribution is 14.1. The molecule has 0 atom stereocenters. The second kappa shape index (κ2) is 3.70. The number of nitrogens with zero attached hydrogens (tertiary/aromatic N) is 2. The number of rotatable bonds is 1. The Bertz CT molecular complexity index is 571. The summed E-state index contributed by atoms with van der Waals surface area (Å²) in [5.74, 6) is 0.0665. The van der Waals surface area contributed by atoms with Gasteiger partial charge in [-0.15, -0.1) is 0 Å². The lowest BCUT2D eigenvalue weighted by atomic mass is 10.2. The van der Waals surface area contributed by atoms with Crippen LogP contribution in [-0.2, 0) is 0 Å². The van der Waals surface area contributed by atoms with Gasteiger partial charge < -0.3 is 4.74 Å². The molecule has 5 heteroatoms. The Morgan fingerprint density at radius 2 is 2.20 bits per heavy atom. The van der Waals surface area contributed by atoms with Crippen molar-refractivity contribution in [2.24, 2.45) is 0 Å². The van der Waals surface area contributed by atoms with E-state index in [4.69, 9.17) is 10.00 Å². The lowest BCUT2D eigenvalue weighted by Crippen LogP contribution is -1.87. The quantitative estimate of drug-likeness (QED) is 0.759. The van der Waals surface area contributed by atoms with E-state index in [1.54, 1.807) is 8.85 Å². The van der Waals surface area contributed by atoms with Gasteiger partial charge in [-0.1, -0.05) is 0 Å². The topological polar surface area (TPSA) is 37.9 Å². The first kappa shape index (κ1) is 10.2. The van der Waals surface area contributed by atoms with Crippen LogP contribution >= 0.6 is 22.9 Å². The predicted octanol–water partition coefficient (Wildman–Crippen LogP) is 2.86. The number of nitriles is 1. The highest BCUT2D eigenvalue weighted by atomic mass is 127. The van der Waals surface area contributed by atoms with Crippen molar-refractivity contribution >= 4 is 33.8 Å². The fourth-order valence-electron chi connectivity index (χ4n) is 1.45. The first-order chi connectivity index (χ1) is 7.17. The van der Waals surface area contributed by atoms with Gasteiger partial charge >= 0.3 is 0 Å². The van der Waals surface area contributed by atoms with Crippen molar-refractivity contribution in [3.05, 3.63) is 29.7 Å². The molecule has 0 radical (unpaired) electrons. The zero-order valence-corrected chi connectivity index (χ0v) is 9.95. The first-order valence-corrected chi connectivity index (χ1v) is 5.09. The number of ether oxygens (including phenoxy) is 1. The lowest BCUT2D eigenvalue weighted by molar-refractivity contribution is 0.416. The van der Waals surface area contributed by atoms with Crippen molar-refractivity contribution < 1.29 is 9.13 Å². The highest BCUT2D eigenvalue weighted by Gasteiger charge is 2.12. The third-order valence-electron chi connectivity index (χ3n) is 2.12. The zero-order chi connectivity index (χ0) is 11.0. The maximum atomic E-state index is 13.2. The molecule has 0 fully saturated rings. The molecule has 0 saturated carbocycles. The summed E-state index contributed by atoms with van der Waals surface area (Å²) in [6.45, 7) is 0. The van der Waals surface area contributed by atoms with Gasteiger partial charge in [0, 0.05) is 11.5 Å². The summed E-state index contributed by atoms with van der Waals surface area (Å²) < 4.78 is 19.9. The number of fused-ring (bicyclic) bond motifs is 1. The van der Waals surface area contributed by atoms with E-state index in [1.165, 1.54) is 19.2 Å². The van der Waals surface area contributed by atoms with Crippen molar-refractivity contribution in [1.29, 1.82) is 5.26 Å². The average Bonchev–Trinajstić information content (AvgIpc) is 2.55. The van der Waals surface area contributed by atoms with E-state index in [9.17, 15) is 4.39 Å². The number of benzene rings is 1. The summed E-state index contributed by atoms with van der Waals surface area (Å²) in [5, 5.41) is 9.58. The summed E-state index contributed by atoms with van der Waals surface area (Å²) in [5.41, 5.74) is 1.11. The van der Waals surface area contributed by atoms with E-state index in [-0.39, 0.29) is 5.82 Å². The Hall–Kier alpha value is -1.29. The minimum Gasteiger partial charge on any atom is -0.496 e. The van der Waals surface area contributed by atoms with E-state index in [1.807, 2.05) is 28.9 Å². The van der Waals surface area contributed by atoms with Gasteiger partial charge in [-0.2, -0.15) is 5.26 Å². The molecule has 1 aromatic heterocycles. The fraction of sp³-hybridized carbons (Fsp3) is 0.100. The number of methoxy groups -OCH3 is 1. The van der Waals surface area contributed by atoms with Crippen LogP contribution in [-0.4, -0.2) is 9.89 Å². The van der Waals surface area contributed by atoms with Crippen LogP contribution in [0.2, 0.25) is 0 Å². The number of hydrogen-bond donors (Lipinski definition) is 0. The molecule has 0 amide bonds. The van der Waals surface area contributed by atoms with Crippen molar-refractivity contribution in [2.45, 2.75) is 0 Å². The minimum atomic E-state index is -0.375. The molecule has 0 saturated heterocycles. The van der Waals surface area contributed by atoms with Crippen molar-refractivity contribution in [3.8, 4) is 11.8 Å². The second-order valence-electron chi connectivity index (χ2n) is 2.96. The van der Waals surface area contributed by atoms with Crippen LogP contribution in [0.15, 0.2) is 18.2 Å². The Kier molecular flexibility index (Phi) is 2.52. The van der Waals surface area contributed by atoms with Crippen LogP contribution in [0.4, 0.5) is 4.39 Å². The number of aromatic nitrogens is 1. The largest absolute Gasteiger partial charge is 0.496 e. The number of halogens is 2. The van der Waals surface area contributed by atoms with Gasteiger partial charge in [-0.25, -0.2) is 4.39 Å². The third kappa shape index (κ3) is 1.55. The van der Waals surface area contributed by atoms with Crippen molar-refractivity contribution in [3.63, 3.8) is 0 Å². The molecule has 0 N–H and O–H groups in total. The van der Waals surface area contributed by atoms with Crippen LogP contribution in [0, 0.1) is 17.1 Å². The van der Waals surface area contributed by atoms with Gasteiger partial charge in [0.25, 0.3) is 0 Å². The molecule has 1 aromatic carbocycles. The normalized spacial score (nSPS) is 10.3. The number of hydrogen-bond acceptors (Lipinski definition) is 2. The highest BCUT2D eigenvalue weighted by Crippen LogP contribution is 2.31. The summed E-state index contributed by atoms with van der Waals surface area (Å²) in [6, 6.07) is 6.40. The molecule has 2 aromatic rings. The van der Waals surface area contributed by atoms with Crippen LogP contribution in [0.5, 0.6) is 5.75 Å². The molecule has 0 bridgehead atoms.